The van der Waals surface area contributed by atoms with E-state index < -0.39 is 16.2 Å². The molecule has 0 aliphatic heterocycles. The number of benzene rings is 2. The Kier molecular flexibility index (Phi) is 8.69. The predicted molar refractivity (Wildman–Crippen MR) is 108 cm³/mol. The van der Waals surface area contributed by atoms with Gasteiger partial charge in [-0.25, -0.2) is 0 Å². The molecule has 5 heteroatoms. The van der Waals surface area contributed by atoms with Crippen molar-refractivity contribution in [1.29, 1.82) is 0 Å². The first-order valence-electron chi connectivity index (χ1n) is 9.58. The Bertz CT molecular complexity index is 786. The Morgan fingerprint density at radius 3 is 2.04 bits per heavy atom. The van der Waals surface area contributed by atoms with Crippen LogP contribution < -0.4 is 0 Å². The summed E-state index contributed by atoms with van der Waals surface area (Å²) in [6, 6.07) is 17.4. The van der Waals surface area contributed by atoms with Crippen LogP contribution in [0.25, 0.3) is 0 Å². The zero-order chi connectivity index (χ0) is 19.5. The van der Waals surface area contributed by atoms with Gasteiger partial charge < -0.3 is 0 Å². The molecule has 0 radical (unpaired) electrons. The summed E-state index contributed by atoms with van der Waals surface area (Å²) in [5, 5.41) is 0. The van der Waals surface area contributed by atoms with E-state index in [4.69, 9.17) is 4.18 Å². The standard InChI is InChI=1S/C22H28O4S/c1-2-3-4-5-6-13-18-27(24,25)26-22(20-16-11-8-12-17-20)21(23)19-14-9-7-10-15-19/h7-12,14-17,22H,2-6,13,18H2,1H3. The highest BCUT2D eigenvalue weighted by Gasteiger charge is 2.28. The molecule has 0 bridgehead atoms. The van der Waals surface area contributed by atoms with Crippen LogP contribution in [0, 0.1) is 0 Å². The van der Waals surface area contributed by atoms with Gasteiger partial charge in [-0.05, 0) is 12.0 Å². The Morgan fingerprint density at radius 1 is 0.852 bits per heavy atom. The molecular formula is C22H28O4S. The van der Waals surface area contributed by atoms with Crippen LogP contribution in [0.3, 0.4) is 0 Å². The maximum absolute atomic E-state index is 12.9. The summed E-state index contributed by atoms with van der Waals surface area (Å²) in [7, 11) is -3.80. The minimum absolute atomic E-state index is 0.0650. The third-order valence-electron chi connectivity index (χ3n) is 4.39. The summed E-state index contributed by atoms with van der Waals surface area (Å²) in [5.74, 6) is -0.418. The molecule has 2 aromatic rings. The number of carbonyl (C=O) groups is 1. The van der Waals surface area contributed by atoms with E-state index in [1.54, 1.807) is 48.5 Å². The maximum Gasteiger partial charge on any atom is 0.268 e. The first kappa shape index (κ1) is 21.3. The van der Waals surface area contributed by atoms with Crippen LogP contribution >= 0.6 is 0 Å². The summed E-state index contributed by atoms with van der Waals surface area (Å²) in [6.45, 7) is 2.14. The van der Waals surface area contributed by atoms with Crippen molar-refractivity contribution < 1.29 is 17.4 Å². The molecule has 0 saturated heterocycles. The van der Waals surface area contributed by atoms with E-state index in [0.717, 1.165) is 25.7 Å². The molecule has 0 N–H and O–H groups in total. The van der Waals surface area contributed by atoms with Gasteiger partial charge in [-0.15, -0.1) is 0 Å². The van der Waals surface area contributed by atoms with Gasteiger partial charge in [0.25, 0.3) is 10.1 Å². The van der Waals surface area contributed by atoms with Crippen LogP contribution in [-0.4, -0.2) is 20.0 Å². The van der Waals surface area contributed by atoms with Crippen molar-refractivity contribution >= 4 is 15.9 Å². The van der Waals surface area contributed by atoms with Crippen LogP contribution in [0.4, 0.5) is 0 Å². The molecule has 27 heavy (non-hydrogen) atoms. The number of Topliss-reactive ketones (excluding diaryl/α,β-unsaturated/α-hetero) is 1. The number of carbonyl (C=O) groups excluding carboxylic acids is 1. The molecule has 146 valence electrons. The van der Waals surface area contributed by atoms with Crippen molar-refractivity contribution in [3.05, 3.63) is 71.8 Å². The van der Waals surface area contributed by atoms with Gasteiger partial charge in [0.1, 0.15) is 0 Å². The molecule has 1 atom stereocenters. The van der Waals surface area contributed by atoms with Crippen LogP contribution in [0.5, 0.6) is 0 Å². The molecule has 2 aromatic carbocycles. The van der Waals surface area contributed by atoms with Crippen LogP contribution in [0.1, 0.15) is 67.5 Å². The molecule has 0 aliphatic rings. The summed E-state index contributed by atoms with van der Waals surface area (Å²) < 4.78 is 30.3. The van der Waals surface area contributed by atoms with E-state index in [1.807, 2.05) is 12.1 Å². The van der Waals surface area contributed by atoms with Crippen molar-refractivity contribution in [3.8, 4) is 0 Å². The molecule has 0 fully saturated rings. The SMILES string of the molecule is CCCCCCCCS(=O)(=O)OC(C(=O)c1ccccc1)c1ccccc1. The lowest BCUT2D eigenvalue weighted by atomic mass is 10.0. The zero-order valence-electron chi connectivity index (χ0n) is 15.8. The Labute approximate surface area is 162 Å². The quantitative estimate of drug-likeness (QED) is 0.281. The third-order valence-corrected chi connectivity index (χ3v) is 5.66. The lowest BCUT2D eigenvalue weighted by Gasteiger charge is -2.17. The summed E-state index contributed by atoms with van der Waals surface area (Å²) in [5.41, 5.74) is 0.971. The van der Waals surface area contributed by atoms with Gasteiger partial charge in [0.05, 0.1) is 5.75 Å². The number of ketones is 1. The van der Waals surface area contributed by atoms with E-state index in [-0.39, 0.29) is 11.5 Å². The van der Waals surface area contributed by atoms with Crippen LogP contribution in [0.15, 0.2) is 60.7 Å². The number of hydrogen-bond donors (Lipinski definition) is 0. The second kappa shape index (κ2) is 11.0. The third kappa shape index (κ3) is 7.27. The molecular weight excluding hydrogens is 360 g/mol. The van der Waals surface area contributed by atoms with Crippen LogP contribution in [0.2, 0.25) is 0 Å². The largest absolute Gasteiger partial charge is 0.291 e. The normalized spacial score (nSPS) is 12.6. The molecule has 0 saturated carbocycles. The molecule has 0 aromatic heterocycles. The van der Waals surface area contributed by atoms with Gasteiger partial charge in [-0.1, -0.05) is 99.7 Å². The van der Waals surface area contributed by atoms with Gasteiger partial charge in [0.2, 0.25) is 0 Å². The van der Waals surface area contributed by atoms with Crippen molar-refractivity contribution in [1.82, 2.24) is 0 Å². The Hall–Kier alpha value is -1.98. The van der Waals surface area contributed by atoms with Gasteiger partial charge in [-0.3, -0.25) is 8.98 Å². The smallest absolute Gasteiger partial charge is 0.268 e. The van der Waals surface area contributed by atoms with E-state index in [1.165, 1.54) is 6.42 Å². The van der Waals surface area contributed by atoms with Crippen molar-refractivity contribution in [3.63, 3.8) is 0 Å². The summed E-state index contributed by atoms with van der Waals surface area (Å²) in [4.78, 5) is 12.9. The lowest BCUT2D eigenvalue weighted by Crippen LogP contribution is -2.22. The first-order valence-corrected chi connectivity index (χ1v) is 11.2. The van der Waals surface area contributed by atoms with Gasteiger partial charge in [-0.2, -0.15) is 8.42 Å². The van der Waals surface area contributed by atoms with Gasteiger partial charge in [0, 0.05) is 5.56 Å². The number of rotatable bonds is 12. The monoisotopic (exact) mass is 388 g/mol. The number of hydrogen-bond acceptors (Lipinski definition) is 4. The predicted octanol–water partition coefficient (Wildman–Crippen LogP) is 5.32. The average molecular weight is 389 g/mol. The Balaban J connectivity index is 2.07. The van der Waals surface area contributed by atoms with Gasteiger partial charge >= 0.3 is 0 Å². The maximum atomic E-state index is 12.9. The Morgan fingerprint density at radius 2 is 1.41 bits per heavy atom. The fraction of sp³-hybridized carbons (Fsp3) is 0.409. The topological polar surface area (TPSA) is 60.4 Å². The fourth-order valence-corrected chi connectivity index (χ4v) is 4.03. The minimum atomic E-state index is -3.80. The van der Waals surface area contributed by atoms with Crippen molar-refractivity contribution in [2.75, 3.05) is 5.75 Å². The summed E-state index contributed by atoms with van der Waals surface area (Å²) >= 11 is 0. The molecule has 1 unspecified atom stereocenters. The highest BCUT2D eigenvalue weighted by molar-refractivity contribution is 7.86. The highest BCUT2D eigenvalue weighted by Crippen LogP contribution is 2.25. The van der Waals surface area contributed by atoms with E-state index in [0.29, 0.717) is 17.5 Å². The van der Waals surface area contributed by atoms with E-state index in [2.05, 4.69) is 6.92 Å². The average Bonchev–Trinajstić information content (AvgIpc) is 2.69. The van der Waals surface area contributed by atoms with Crippen LogP contribution in [-0.2, 0) is 14.3 Å². The van der Waals surface area contributed by atoms with Gasteiger partial charge in [0.15, 0.2) is 11.9 Å². The molecule has 0 aliphatic carbocycles. The van der Waals surface area contributed by atoms with Crippen molar-refractivity contribution in [2.24, 2.45) is 0 Å². The fourth-order valence-electron chi connectivity index (χ4n) is 2.89. The zero-order valence-corrected chi connectivity index (χ0v) is 16.7. The van der Waals surface area contributed by atoms with E-state index >= 15 is 0 Å². The molecule has 0 spiro atoms. The molecule has 0 heterocycles. The highest BCUT2D eigenvalue weighted by atomic mass is 32.2. The van der Waals surface area contributed by atoms with Crippen molar-refractivity contribution in [2.45, 2.75) is 51.6 Å². The number of unbranched alkanes of at least 4 members (excludes halogenated alkanes) is 5. The first-order chi connectivity index (χ1) is 13.0. The van der Waals surface area contributed by atoms with E-state index in [9.17, 15) is 13.2 Å². The lowest BCUT2D eigenvalue weighted by molar-refractivity contribution is 0.0801. The molecule has 2 rings (SSSR count). The second-order valence-electron chi connectivity index (χ2n) is 6.65. The molecule has 4 nitrogen and oxygen atoms in total. The summed E-state index contributed by atoms with van der Waals surface area (Å²) in [6.07, 6.45) is 4.72. The minimum Gasteiger partial charge on any atom is -0.291 e. The molecule has 0 amide bonds. The second-order valence-corrected chi connectivity index (χ2v) is 8.36.